The normalized spacial score (nSPS) is 17.2. The van der Waals surface area contributed by atoms with E-state index >= 15 is 0 Å². The van der Waals surface area contributed by atoms with Gasteiger partial charge in [-0.25, -0.2) is 4.79 Å². The van der Waals surface area contributed by atoms with Gasteiger partial charge < -0.3 is 15.1 Å². The Morgan fingerprint density at radius 3 is 1.73 bits per heavy atom. The van der Waals surface area contributed by atoms with Crippen molar-refractivity contribution in [2.75, 3.05) is 40.3 Å². The minimum atomic E-state index is 0. The molecule has 0 spiro atoms. The highest BCUT2D eigenvalue weighted by atomic mass is 35.5. The first kappa shape index (κ1) is 21.6. The number of nitrogens with zero attached hydrogens (tertiary/aromatic N) is 2. The van der Waals surface area contributed by atoms with Gasteiger partial charge >= 0.3 is 6.03 Å². The Labute approximate surface area is 146 Å². The van der Waals surface area contributed by atoms with Crippen LogP contribution in [-0.4, -0.2) is 76.8 Å². The van der Waals surface area contributed by atoms with Crippen molar-refractivity contribution in [3.05, 3.63) is 0 Å². The Morgan fingerprint density at radius 2 is 1.45 bits per heavy atom. The van der Waals surface area contributed by atoms with E-state index in [1.165, 1.54) is 23.5 Å². The Bertz CT molecular complexity index is 400. The fraction of sp³-hybridized carbons (Fsp3) is 0.769. The van der Waals surface area contributed by atoms with Crippen molar-refractivity contribution < 1.29 is 14.4 Å². The maximum Gasteiger partial charge on any atom is 0.319 e. The molecule has 0 bridgehead atoms. The molecule has 1 N–H and O–H groups in total. The summed E-state index contributed by atoms with van der Waals surface area (Å²) in [6.07, 6.45) is 0. The van der Waals surface area contributed by atoms with E-state index in [0.29, 0.717) is 23.6 Å². The van der Waals surface area contributed by atoms with Gasteiger partial charge in [-0.05, 0) is 0 Å². The van der Waals surface area contributed by atoms with Gasteiger partial charge in [0.15, 0.2) is 10.2 Å². The number of urea groups is 1. The number of thioether (sulfide) groups is 2. The molecule has 0 aromatic rings. The molecular weight excluding hydrogens is 346 g/mol. The second-order valence-corrected chi connectivity index (χ2v) is 8.16. The van der Waals surface area contributed by atoms with Crippen LogP contribution in [0.1, 0.15) is 13.8 Å². The van der Waals surface area contributed by atoms with Crippen LogP contribution in [0, 0.1) is 0 Å². The summed E-state index contributed by atoms with van der Waals surface area (Å²) in [5.41, 5.74) is 0. The van der Waals surface area contributed by atoms with Crippen LogP contribution in [0.25, 0.3) is 0 Å². The first-order valence-electron chi connectivity index (χ1n) is 6.81. The Kier molecular flexibility index (Phi) is 10.1. The largest absolute Gasteiger partial charge is 0.331 e. The number of likely N-dealkylation sites (tertiary alicyclic amines) is 1. The molecule has 2 fully saturated rings. The molecule has 22 heavy (non-hydrogen) atoms. The molecule has 0 unspecified atom stereocenters. The number of carbonyl (C=O) groups excluding carboxylic acids is 3. The number of hydrogen-bond donors (Lipinski definition) is 1. The highest BCUT2D eigenvalue weighted by molar-refractivity contribution is 8.14. The van der Waals surface area contributed by atoms with Gasteiger partial charge in [0.25, 0.3) is 0 Å². The third-order valence-electron chi connectivity index (χ3n) is 2.91. The lowest BCUT2D eigenvalue weighted by molar-refractivity contribution is -0.110. The van der Waals surface area contributed by atoms with E-state index in [-0.39, 0.29) is 28.7 Å². The third kappa shape index (κ3) is 7.71. The maximum atomic E-state index is 11.3. The quantitative estimate of drug-likeness (QED) is 0.791. The topological polar surface area (TPSA) is 69.7 Å². The minimum absolute atomic E-state index is 0. The predicted molar refractivity (Wildman–Crippen MR) is 94.9 cm³/mol. The molecule has 0 aliphatic carbocycles. The monoisotopic (exact) mass is 369 g/mol. The standard InChI is InChI=1S/C8H14N2O2S.C5H9NOS.ClH/c1-6(11)13-7-4-10(5-7)8(12)9(2)3;1-4(7)8-5-2-6-3-5;/h7H,4-5H2,1-3H3;5-6H,2-3H2,1H3;1H. The number of halogens is 1. The number of rotatable bonds is 2. The summed E-state index contributed by atoms with van der Waals surface area (Å²) in [6, 6.07) is 0.0282. The van der Waals surface area contributed by atoms with Gasteiger partial charge in [0.2, 0.25) is 0 Å². The van der Waals surface area contributed by atoms with E-state index in [1.807, 2.05) is 0 Å². The minimum Gasteiger partial charge on any atom is -0.331 e. The molecule has 2 heterocycles. The summed E-state index contributed by atoms with van der Waals surface area (Å²) in [4.78, 5) is 35.7. The van der Waals surface area contributed by atoms with Crippen molar-refractivity contribution in [1.82, 2.24) is 15.1 Å². The molecule has 2 aliphatic heterocycles. The van der Waals surface area contributed by atoms with Crippen LogP contribution in [0.15, 0.2) is 0 Å². The van der Waals surface area contributed by atoms with Gasteiger partial charge in [0.1, 0.15) is 0 Å². The van der Waals surface area contributed by atoms with Crippen molar-refractivity contribution >= 4 is 52.2 Å². The molecule has 6 nitrogen and oxygen atoms in total. The zero-order chi connectivity index (χ0) is 16.0. The summed E-state index contributed by atoms with van der Waals surface area (Å²) in [7, 11) is 3.46. The van der Waals surface area contributed by atoms with Gasteiger partial charge in [0, 0.05) is 64.6 Å². The van der Waals surface area contributed by atoms with Crippen LogP contribution in [-0.2, 0) is 9.59 Å². The average Bonchev–Trinajstić information content (AvgIpc) is 2.27. The number of hydrogen-bond acceptors (Lipinski definition) is 6. The molecule has 0 aromatic heterocycles. The highest BCUT2D eigenvalue weighted by Gasteiger charge is 2.32. The van der Waals surface area contributed by atoms with E-state index in [4.69, 9.17) is 0 Å². The summed E-state index contributed by atoms with van der Waals surface area (Å²) in [6.45, 7) is 6.57. The van der Waals surface area contributed by atoms with E-state index in [9.17, 15) is 14.4 Å². The molecule has 0 saturated carbocycles. The van der Waals surface area contributed by atoms with Crippen molar-refractivity contribution in [2.24, 2.45) is 0 Å². The second kappa shape index (κ2) is 10.4. The Morgan fingerprint density at radius 1 is 1.00 bits per heavy atom. The molecular formula is C13H24ClN3O3S2. The molecule has 2 aliphatic rings. The molecule has 2 saturated heterocycles. The van der Waals surface area contributed by atoms with E-state index < -0.39 is 0 Å². The van der Waals surface area contributed by atoms with Gasteiger partial charge in [0.05, 0.1) is 0 Å². The van der Waals surface area contributed by atoms with Gasteiger partial charge in [-0.15, -0.1) is 12.4 Å². The third-order valence-corrected chi connectivity index (χ3v) is 4.87. The lowest BCUT2D eigenvalue weighted by Gasteiger charge is -2.39. The number of carbonyl (C=O) groups is 3. The van der Waals surface area contributed by atoms with Crippen molar-refractivity contribution in [2.45, 2.75) is 24.3 Å². The fourth-order valence-corrected chi connectivity index (χ4v) is 3.62. The summed E-state index contributed by atoms with van der Waals surface area (Å²) >= 11 is 2.76. The SMILES string of the molecule is CC(=O)SC1CN(C(=O)N(C)C)C1.CC(=O)SC1CNC1.Cl. The van der Waals surface area contributed by atoms with E-state index in [1.54, 1.807) is 37.7 Å². The van der Waals surface area contributed by atoms with E-state index in [0.717, 1.165) is 13.1 Å². The van der Waals surface area contributed by atoms with Crippen molar-refractivity contribution in [3.8, 4) is 0 Å². The second-order valence-electron chi connectivity index (χ2n) is 5.20. The van der Waals surface area contributed by atoms with Crippen molar-refractivity contribution in [1.29, 1.82) is 0 Å². The molecule has 9 heteroatoms. The van der Waals surface area contributed by atoms with Crippen LogP contribution in [0.3, 0.4) is 0 Å². The molecule has 0 atom stereocenters. The molecule has 0 radical (unpaired) electrons. The first-order chi connectivity index (χ1) is 9.79. The van der Waals surface area contributed by atoms with Crippen LogP contribution in [0.5, 0.6) is 0 Å². The van der Waals surface area contributed by atoms with Gasteiger partial charge in [-0.2, -0.15) is 0 Å². The maximum absolute atomic E-state index is 11.3. The molecule has 2 amide bonds. The van der Waals surface area contributed by atoms with Crippen molar-refractivity contribution in [3.63, 3.8) is 0 Å². The number of amides is 2. The lowest BCUT2D eigenvalue weighted by atomic mass is 10.2. The van der Waals surface area contributed by atoms with E-state index in [2.05, 4.69) is 5.32 Å². The van der Waals surface area contributed by atoms with Gasteiger partial charge in [-0.1, -0.05) is 23.5 Å². The van der Waals surface area contributed by atoms with Crippen LogP contribution >= 0.6 is 35.9 Å². The van der Waals surface area contributed by atoms with Crippen LogP contribution in [0.2, 0.25) is 0 Å². The Hall–Kier alpha value is -0.440. The Balaban J connectivity index is 0.000000423. The summed E-state index contributed by atoms with van der Waals surface area (Å²) < 4.78 is 0. The van der Waals surface area contributed by atoms with Crippen LogP contribution in [0.4, 0.5) is 4.79 Å². The highest BCUT2D eigenvalue weighted by Crippen LogP contribution is 2.23. The van der Waals surface area contributed by atoms with Crippen LogP contribution < -0.4 is 5.32 Å². The van der Waals surface area contributed by atoms with Gasteiger partial charge in [-0.3, -0.25) is 9.59 Å². The average molecular weight is 370 g/mol. The summed E-state index contributed by atoms with van der Waals surface area (Å²) in [5, 5.41) is 4.32. The molecule has 128 valence electrons. The zero-order valence-corrected chi connectivity index (χ0v) is 15.8. The zero-order valence-electron chi connectivity index (χ0n) is 13.3. The predicted octanol–water partition coefficient (Wildman–Crippen LogP) is 1.29. The molecule has 2 rings (SSSR count). The fourth-order valence-electron chi connectivity index (χ4n) is 1.77. The summed E-state index contributed by atoms with van der Waals surface area (Å²) in [5.74, 6) is 0. The molecule has 0 aromatic carbocycles. The number of nitrogens with one attached hydrogen (secondary N) is 1. The first-order valence-corrected chi connectivity index (χ1v) is 8.57. The lowest BCUT2D eigenvalue weighted by Crippen LogP contribution is -2.55. The smallest absolute Gasteiger partial charge is 0.319 e.